The van der Waals surface area contributed by atoms with E-state index >= 15 is 0 Å². The molecule has 1 saturated heterocycles. The normalized spacial score (nSPS) is 22.8. The van der Waals surface area contributed by atoms with Gasteiger partial charge in [0.05, 0.1) is 6.10 Å². The van der Waals surface area contributed by atoms with Gasteiger partial charge in [-0.3, -0.25) is 4.79 Å². The third-order valence-electron chi connectivity index (χ3n) is 2.59. The minimum atomic E-state index is -0.400. The molecule has 0 aromatic carbocycles. The standard InChI is InChI=1S/C11H22N2O2S/c1-2-3-10(14)7-13-11(15)6-9-8-16-5-4-12-9/h9-10,12,14H,2-8H2,1H3,(H,13,15). The molecule has 3 N–H and O–H groups in total. The first-order valence-electron chi connectivity index (χ1n) is 5.98. The molecule has 94 valence electrons. The van der Waals surface area contributed by atoms with Gasteiger partial charge in [-0.25, -0.2) is 0 Å². The average molecular weight is 246 g/mol. The predicted molar refractivity (Wildman–Crippen MR) is 67.7 cm³/mol. The molecule has 0 saturated carbocycles. The SMILES string of the molecule is CCCC(O)CNC(=O)CC1CSCCN1. The summed E-state index contributed by atoms with van der Waals surface area (Å²) in [6, 6.07) is 0.294. The van der Waals surface area contributed by atoms with Crippen LogP contribution in [-0.2, 0) is 4.79 Å². The molecule has 1 aliphatic heterocycles. The van der Waals surface area contributed by atoms with Crippen LogP contribution in [0.1, 0.15) is 26.2 Å². The Morgan fingerprint density at radius 2 is 2.50 bits per heavy atom. The summed E-state index contributed by atoms with van der Waals surface area (Å²) >= 11 is 1.89. The van der Waals surface area contributed by atoms with Crippen molar-refractivity contribution in [3.05, 3.63) is 0 Å². The van der Waals surface area contributed by atoms with E-state index in [-0.39, 0.29) is 5.91 Å². The summed E-state index contributed by atoms with van der Waals surface area (Å²) in [5.74, 6) is 2.17. The second kappa shape index (κ2) is 7.92. The minimum absolute atomic E-state index is 0.0372. The van der Waals surface area contributed by atoms with Gasteiger partial charge in [0.2, 0.25) is 5.91 Å². The molecule has 1 rings (SSSR count). The summed E-state index contributed by atoms with van der Waals surface area (Å²) in [6.07, 6.45) is 1.81. The lowest BCUT2D eigenvalue weighted by Crippen LogP contribution is -2.42. The van der Waals surface area contributed by atoms with Gasteiger partial charge in [-0.05, 0) is 6.42 Å². The van der Waals surface area contributed by atoms with Crippen molar-refractivity contribution in [2.45, 2.75) is 38.3 Å². The van der Waals surface area contributed by atoms with Gasteiger partial charge >= 0.3 is 0 Å². The number of carbonyl (C=O) groups is 1. The molecule has 5 heteroatoms. The number of rotatable bonds is 6. The van der Waals surface area contributed by atoms with E-state index < -0.39 is 6.10 Å². The van der Waals surface area contributed by atoms with Crippen molar-refractivity contribution in [3.8, 4) is 0 Å². The Bertz CT molecular complexity index is 208. The maximum atomic E-state index is 11.5. The zero-order valence-corrected chi connectivity index (χ0v) is 10.7. The average Bonchev–Trinajstić information content (AvgIpc) is 2.28. The summed E-state index contributed by atoms with van der Waals surface area (Å²) in [5.41, 5.74) is 0. The fraction of sp³-hybridized carbons (Fsp3) is 0.909. The van der Waals surface area contributed by atoms with Gasteiger partial charge in [-0.2, -0.15) is 11.8 Å². The van der Waals surface area contributed by atoms with Crippen LogP contribution in [0.25, 0.3) is 0 Å². The molecule has 2 unspecified atom stereocenters. The number of aliphatic hydroxyl groups is 1. The lowest BCUT2D eigenvalue weighted by molar-refractivity contribution is -0.121. The quantitative estimate of drug-likeness (QED) is 0.633. The van der Waals surface area contributed by atoms with Crippen LogP contribution in [0.5, 0.6) is 0 Å². The van der Waals surface area contributed by atoms with Crippen LogP contribution in [0, 0.1) is 0 Å². The zero-order valence-electron chi connectivity index (χ0n) is 9.87. The molecule has 1 heterocycles. The minimum Gasteiger partial charge on any atom is -0.391 e. The Morgan fingerprint density at radius 1 is 1.69 bits per heavy atom. The van der Waals surface area contributed by atoms with Gasteiger partial charge in [-0.15, -0.1) is 0 Å². The van der Waals surface area contributed by atoms with Crippen molar-refractivity contribution < 1.29 is 9.90 Å². The molecule has 4 nitrogen and oxygen atoms in total. The largest absolute Gasteiger partial charge is 0.391 e. The topological polar surface area (TPSA) is 61.4 Å². The Balaban J connectivity index is 2.10. The van der Waals surface area contributed by atoms with E-state index in [4.69, 9.17) is 0 Å². The predicted octanol–water partition coefficient (Wildman–Crippen LogP) is 0.359. The zero-order chi connectivity index (χ0) is 11.8. The number of hydrogen-bond donors (Lipinski definition) is 3. The smallest absolute Gasteiger partial charge is 0.221 e. The maximum absolute atomic E-state index is 11.5. The number of carbonyl (C=O) groups excluding carboxylic acids is 1. The van der Waals surface area contributed by atoms with Crippen LogP contribution in [0.15, 0.2) is 0 Å². The van der Waals surface area contributed by atoms with Gasteiger partial charge in [0.15, 0.2) is 0 Å². The highest BCUT2D eigenvalue weighted by Gasteiger charge is 2.16. The highest BCUT2D eigenvalue weighted by molar-refractivity contribution is 7.99. The molecule has 1 fully saturated rings. The van der Waals surface area contributed by atoms with Crippen LogP contribution < -0.4 is 10.6 Å². The van der Waals surface area contributed by atoms with Gasteiger partial charge in [0, 0.05) is 37.1 Å². The fourth-order valence-electron chi connectivity index (χ4n) is 1.71. The fourth-order valence-corrected chi connectivity index (χ4v) is 2.66. The first-order valence-corrected chi connectivity index (χ1v) is 7.13. The number of nitrogens with one attached hydrogen (secondary N) is 2. The molecular weight excluding hydrogens is 224 g/mol. The maximum Gasteiger partial charge on any atom is 0.221 e. The molecule has 16 heavy (non-hydrogen) atoms. The number of aliphatic hydroxyl groups excluding tert-OH is 1. The number of hydrogen-bond acceptors (Lipinski definition) is 4. The highest BCUT2D eigenvalue weighted by atomic mass is 32.2. The van der Waals surface area contributed by atoms with E-state index in [1.807, 2.05) is 18.7 Å². The lowest BCUT2D eigenvalue weighted by atomic mass is 10.2. The third kappa shape index (κ3) is 5.72. The summed E-state index contributed by atoms with van der Waals surface area (Å²) in [4.78, 5) is 11.5. The van der Waals surface area contributed by atoms with Gasteiger partial charge < -0.3 is 15.7 Å². The van der Waals surface area contributed by atoms with E-state index in [9.17, 15) is 9.90 Å². The lowest BCUT2D eigenvalue weighted by Gasteiger charge is -2.22. The van der Waals surface area contributed by atoms with E-state index in [1.165, 1.54) is 0 Å². The molecule has 1 amide bonds. The van der Waals surface area contributed by atoms with Crippen molar-refractivity contribution in [3.63, 3.8) is 0 Å². The van der Waals surface area contributed by atoms with Gasteiger partial charge in [-0.1, -0.05) is 13.3 Å². The summed E-state index contributed by atoms with van der Waals surface area (Å²) in [5, 5.41) is 15.6. The molecule has 2 atom stereocenters. The Labute approximate surface area is 102 Å². The summed E-state index contributed by atoms with van der Waals surface area (Å²) < 4.78 is 0. The van der Waals surface area contributed by atoms with E-state index in [2.05, 4.69) is 10.6 Å². The van der Waals surface area contributed by atoms with Crippen molar-refractivity contribution >= 4 is 17.7 Å². The van der Waals surface area contributed by atoms with Gasteiger partial charge in [0.1, 0.15) is 0 Å². The Kier molecular flexibility index (Phi) is 6.84. The van der Waals surface area contributed by atoms with Crippen molar-refractivity contribution in [2.24, 2.45) is 0 Å². The van der Waals surface area contributed by atoms with Crippen molar-refractivity contribution in [1.82, 2.24) is 10.6 Å². The van der Waals surface area contributed by atoms with Gasteiger partial charge in [0.25, 0.3) is 0 Å². The highest BCUT2D eigenvalue weighted by Crippen LogP contribution is 2.09. The van der Waals surface area contributed by atoms with Crippen LogP contribution >= 0.6 is 11.8 Å². The molecule has 0 spiro atoms. The molecule has 0 aromatic rings. The molecule has 0 radical (unpaired) electrons. The number of amides is 1. The van der Waals surface area contributed by atoms with Crippen molar-refractivity contribution in [1.29, 1.82) is 0 Å². The van der Waals surface area contributed by atoms with Crippen LogP contribution in [0.2, 0.25) is 0 Å². The van der Waals surface area contributed by atoms with E-state index in [0.717, 1.165) is 30.9 Å². The number of thioether (sulfide) groups is 1. The molecule has 0 bridgehead atoms. The van der Waals surface area contributed by atoms with Crippen LogP contribution in [0.4, 0.5) is 0 Å². The first kappa shape index (κ1) is 13.8. The molecule has 0 aromatic heterocycles. The molecule has 1 aliphatic rings. The first-order chi connectivity index (χ1) is 7.72. The second-order valence-electron chi connectivity index (χ2n) is 4.18. The Morgan fingerprint density at radius 3 is 3.12 bits per heavy atom. The van der Waals surface area contributed by atoms with E-state index in [1.54, 1.807) is 0 Å². The summed E-state index contributed by atoms with van der Waals surface area (Å²) in [6.45, 7) is 3.39. The monoisotopic (exact) mass is 246 g/mol. The van der Waals surface area contributed by atoms with Crippen LogP contribution in [0.3, 0.4) is 0 Å². The second-order valence-corrected chi connectivity index (χ2v) is 5.33. The Hall–Kier alpha value is -0.260. The summed E-state index contributed by atoms with van der Waals surface area (Å²) in [7, 11) is 0. The van der Waals surface area contributed by atoms with E-state index in [0.29, 0.717) is 19.0 Å². The van der Waals surface area contributed by atoms with Crippen molar-refractivity contribution in [2.75, 3.05) is 24.6 Å². The van der Waals surface area contributed by atoms with Crippen LogP contribution in [-0.4, -0.2) is 47.8 Å². The molecular formula is C11H22N2O2S. The third-order valence-corrected chi connectivity index (χ3v) is 3.72. The molecule has 0 aliphatic carbocycles.